The summed E-state index contributed by atoms with van der Waals surface area (Å²) < 4.78 is 5.33. The molecule has 0 saturated heterocycles. The van der Waals surface area contributed by atoms with Crippen molar-refractivity contribution in [2.45, 2.75) is 26.2 Å². The van der Waals surface area contributed by atoms with E-state index in [0.717, 1.165) is 11.3 Å². The number of Topliss-reactive ketones (excluding diaryl/α,β-unsaturated/α-hetero) is 1. The van der Waals surface area contributed by atoms with E-state index in [9.17, 15) is 14.4 Å². The molecule has 1 aliphatic rings. The van der Waals surface area contributed by atoms with Crippen molar-refractivity contribution in [1.29, 1.82) is 0 Å². The average molecular weight is 289 g/mol. The maximum absolute atomic E-state index is 12.1. The third kappa shape index (κ3) is 3.19. The number of ether oxygens (including phenoxy) is 1. The Labute approximate surface area is 123 Å². The number of ketones is 1. The van der Waals surface area contributed by atoms with E-state index in [4.69, 9.17) is 4.74 Å². The van der Waals surface area contributed by atoms with Crippen molar-refractivity contribution in [3.63, 3.8) is 0 Å². The highest BCUT2D eigenvalue weighted by atomic mass is 16.5. The highest BCUT2D eigenvalue weighted by molar-refractivity contribution is 6.21. The van der Waals surface area contributed by atoms with E-state index in [1.807, 2.05) is 6.92 Å². The fourth-order valence-corrected chi connectivity index (χ4v) is 2.26. The van der Waals surface area contributed by atoms with Gasteiger partial charge >= 0.3 is 0 Å². The normalized spacial score (nSPS) is 13.7. The Balaban J connectivity index is 2.01. The van der Waals surface area contributed by atoms with Crippen molar-refractivity contribution in [2.24, 2.45) is 0 Å². The van der Waals surface area contributed by atoms with Crippen LogP contribution in [-0.4, -0.2) is 42.8 Å². The van der Waals surface area contributed by atoms with Crippen LogP contribution in [0.3, 0.4) is 0 Å². The maximum atomic E-state index is 12.1. The molecule has 1 aromatic rings. The minimum absolute atomic E-state index is 0.0345. The third-order valence-electron chi connectivity index (χ3n) is 3.45. The zero-order valence-corrected chi connectivity index (χ0v) is 12.3. The summed E-state index contributed by atoms with van der Waals surface area (Å²) in [4.78, 5) is 36.8. The van der Waals surface area contributed by atoms with Crippen LogP contribution in [0.4, 0.5) is 0 Å². The molecule has 0 spiro atoms. The number of carbonyl (C=O) groups is 3. The molecule has 1 aromatic carbocycles. The van der Waals surface area contributed by atoms with E-state index in [1.165, 1.54) is 13.1 Å². The van der Waals surface area contributed by atoms with Crippen molar-refractivity contribution in [3.8, 4) is 0 Å². The second-order valence-corrected chi connectivity index (χ2v) is 5.07. The first-order chi connectivity index (χ1) is 10.1. The molecule has 0 radical (unpaired) electrons. The Kier molecular flexibility index (Phi) is 4.85. The van der Waals surface area contributed by atoms with Crippen molar-refractivity contribution in [3.05, 3.63) is 34.9 Å². The van der Waals surface area contributed by atoms with Gasteiger partial charge in [-0.1, -0.05) is 13.0 Å². The quantitative estimate of drug-likeness (QED) is 0.439. The highest BCUT2D eigenvalue weighted by Crippen LogP contribution is 2.23. The van der Waals surface area contributed by atoms with Gasteiger partial charge in [0.2, 0.25) is 0 Å². The smallest absolute Gasteiger partial charge is 0.261 e. The topological polar surface area (TPSA) is 63.7 Å². The number of fused-ring (bicyclic) bond motifs is 1. The van der Waals surface area contributed by atoms with Gasteiger partial charge in [-0.3, -0.25) is 19.3 Å². The largest absolute Gasteiger partial charge is 0.381 e. The van der Waals surface area contributed by atoms with Gasteiger partial charge in [-0.05, 0) is 25.0 Å². The number of carbonyl (C=O) groups excluding carboxylic acids is 3. The molecule has 0 aliphatic carbocycles. The Morgan fingerprint density at radius 1 is 1.14 bits per heavy atom. The monoisotopic (exact) mass is 289 g/mol. The number of rotatable bonds is 7. The van der Waals surface area contributed by atoms with Gasteiger partial charge in [-0.2, -0.15) is 0 Å². The molecule has 112 valence electrons. The van der Waals surface area contributed by atoms with E-state index in [1.54, 1.807) is 12.1 Å². The van der Waals surface area contributed by atoms with Gasteiger partial charge in [0.1, 0.15) is 0 Å². The Morgan fingerprint density at radius 3 is 2.57 bits per heavy atom. The molecule has 0 atom stereocenters. The number of benzene rings is 1. The second-order valence-electron chi connectivity index (χ2n) is 5.07. The van der Waals surface area contributed by atoms with Crippen LogP contribution in [0.2, 0.25) is 0 Å². The van der Waals surface area contributed by atoms with Crippen LogP contribution in [0.15, 0.2) is 18.2 Å². The summed E-state index contributed by atoms with van der Waals surface area (Å²) in [6.07, 6.45) is 1.99. The van der Waals surface area contributed by atoms with Crippen LogP contribution < -0.4 is 0 Å². The number of hydrogen-bond donors (Lipinski definition) is 0. The van der Waals surface area contributed by atoms with E-state index < -0.39 is 0 Å². The highest BCUT2D eigenvalue weighted by Gasteiger charge is 2.33. The van der Waals surface area contributed by atoms with Crippen LogP contribution in [0.5, 0.6) is 0 Å². The van der Waals surface area contributed by atoms with Crippen molar-refractivity contribution < 1.29 is 19.1 Å². The van der Waals surface area contributed by atoms with Gasteiger partial charge in [0, 0.05) is 32.2 Å². The Morgan fingerprint density at radius 2 is 1.86 bits per heavy atom. The lowest BCUT2D eigenvalue weighted by Gasteiger charge is -2.04. The van der Waals surface area contributed by atoms with Crippen molar-refractivity contribution in [2.75, 3.05) is 20.3 Å². The molecule has 2 rings (SSSR count). The van der Waals surface area contributed by atoms with E-state index in [-0.39, 0.29) is 17.6 Å². The minimum atomic E-state index is -0.351. The predicted octanol–water partition coefficient (Wildman–Crippen LogP) is 2.30. The summed E-state index contributed by atoms with van der Waals surface area (Å²) in [5, 5.41) is 0. The van der Waals surface area contributed by atoms with E-state index in [0.29, 0.717) is 42.7 Å². The van der Waals surface area contributed by atoms with Crippen LogP contribution >= 0.6 is 0 Å². The molecule has 0 N–H and O–H groups in total. The molecule has 5 nitrogen and oxygen atoms in total. The molecule has 2 amide bonds. The molecule has 0 aromatic heterocycles. The Bertz CT molecular complexity index is 580. The molecule has 1 aliphatic heterocycles. The summed E-state index contributed by atoms with van der Waals surface area (Å²) in [5.74, 6) is -0.703. The zero-order chi connectivity index (χ0) is 15.4. The SMILES string of the molecule is CCCOCCCC(=O)c1ccc2c(c1)C(=O)N(C)C2=O. The summed E-state index contributed by atoms with van der Waals surface area (Å²) in [5.41, 5.74) is 1.15. The number of amides is 2. The first kappa shape index (κ1) is 15.4. The van der Waals surface area contributed by atoms with Crippen LogP contribution in [0.25, 0.3) is 0 Å². The number of hydrogen-bond acceptors (Lipinski definition) is 4. The molecule has 0 bridgehead atoms. The van der Waals surface area contributed by atoms with Gasteiger partial charge in [-0.15, -0.1) is 0 Å². The van der Waals surface area contributed by atoms with Gasteiger partial charge < -0.3 is 4.74 Å². The first-order valence-corrected chi connectivity index (χ1v) is 7.13. The standard InChI is InChI=1S/C16H19NO4/c1-3-8-21-9-4-5-14(18)11-6-7-12-13(10-11)16(20)17(2)15(12)19/h6-7,10H,3-5,8-9H2,1-2H3. The van der Waals surface area contributed by atoms with Crippen LogP contribution in [-0.2, 0) is 4.74 Å². The number of imide groups is 1. The molecular formula is C16H19NO4. The third-order valence-corrected chi connectivity index (χ3v) is 3.45. The zero-order valence-electron chi connectivity index (χ0n) is 12.3. The number of nitrogens with zero attached hydrogens (tertiary/aromatic N) is 1. The molecule has 21 heavy (non-hydrogen) atoms. The predicted molar refractivity (Wildman–Crippen MR) is 77.5 cm³/mol. The lowest BCUT2D eigenvalue weighted by atomic mass is 10.0. The molecular weight excluding hydrogens is 270 g/mol. The molecule has 5 heteroatoms. The molecule has 0 fully saturated rings. The maximum Gasteiger partial charge on any atom is 0.261 e. The lowest BCUT2D eigenvalue weighted by Crippen LogP contribution is -2.24. The van der Waals surface area contributed by atoms with Crippen molar-refractivity contribution in [1.82, 2.24) is 4.90 Å². The summed E-state index contributed by atoms with van der Waals surface area (Å²) in [6, 6.07) is 4.69. The minimum Gasteiger partial charge on any atom is -0.381 e. The summed E-state index contributed by atoms with van der Waals surface area (Å²) in [6.45, 7) is 3.30. The molecule has 1 heterocycles. The lowest BCUT2D eigenvalue weighted by molar-refractivity contribution is 0.0693. The fraction of sp³-hybridized carbons (Fsp3) is 0.438. The average Bonchev–Trinajstić information content (AvgIpc) is 2.71. The fourth-order valence-electron chi connectivity index (χ4n) is 2.26. The first-order valence-electron chi connectivity index (χ1n) is 7.13. The van der Waals surface area contributed by atoms with Crippen LogP contribution in [0.1, 0.15) is 57.3 Å². The van der Waals surface area contributed by atoms with Gasteiger partial charge in [-0.25, -0.2) is 0 Å². The summed E-state index contributed by atoms with van der Waals surface area (Å²) in [7, 11) is 1.44. The Hall–Kier alpha value is -2.01. The van der Waals surface area contributed by atoms with Crippen molar-refractivity contribution >= 4 is 17.6 Å². The second kappa shape index (κ2) is 6.63. The van der Waals surface area contributed by atoms with Gasteiger partial charge in [0.15, 0.2) is 5.78 Å². The molecule has 0 unspecified atom stereocenters. The van der Waals surface area contributed by atoms with E-state index >= 15 is 0 Å². The van der Waals surface area contributed by atoms with Crippen LogP contribution in [0, 0.1) is 0 Å². The van der Waals surface area contributed by atoms with Gasteiger partial charge in [0.05, 0.1) is 11.1 Å². The van der Waals surface area contributed by atoms with Gasteiger partial charge in [0.25, 0.3) is 11.8 Å². The molecule has 0 saturated carbocycles. The van der Waals surface area contributed by atoms with E-state index in [2.05, 4.69) is 0 Å². The summed E-state index contributed by atoms with van der Waals surface area (Å²) >= 11 is 0.